The van der Waals surface area contributed by atoms with E-state index in [1.165, 1.54) is 4.90 Å². The lowest BCUT2D eigenvalue weighted by Gasteiger charge is -2.35. The van der Waals surface area contributed by atoms with E-state index < -0.39 is 6.04 Å². The third kappa shape index (κ3) is 5.53. The van der Waals surface area contributed by atoms with E-state index in [1.54, 1.807) is 16.7 Å². The number of rotatable bonds is 9. The van der Waals surface area contributed by atoms with Gasteiger partial charge in [-0.05, 0) is 74.4 Å². The molecule has 1 aliphatic rings. The predicted molar refractivity (Wildman–Crippen MR) is 139 cm³/mol. The van der Waals surface area contributed by atoms with Gasteiger partial charge in [0.25, 0.3) is 5.89 Å². The van der Waals surface area contributed by atoms with E-state index in [0.717, 1.165) is 34.6 Å². The number of aromatic nitrogens is 2. The molecule has 1 aliphatic heterocycles. The summed E-state index contributed by atoms with van der Waals surface area (Å²) in [7, 11) is 0. The van der Waals surface area contributed by atoms with Gasteiger partial charge in [-0.3, -0.25) is 4.90 Å². The molecule has 0 saturated heterocycles. The Morgan fingerprint density at radius 3 is 2.49 bits per heavy atom. The van der Waals surface area contributed by atoms with Gasteiger partial charge < -0.3 is 14.6 Å². The van der Waals surface area contributed by atoms with Gasteiger partial charge in [0, 0.05) is 22.7 Å². The van der Waals surface area contributed by atoms with Gasteiger partial charge in [0.2, 0.25) is 5.82 Å². The monoisotopic (exact) mass is 492 g/mol. The van der Waals surface area contributed by atoms with Gasteiger partial charge in [-0.1, -0.05) is 31.1 Å². The number of carbonyl (C=O) groups excluding carboxylic acids is 1. The first-order valence-corrected chi connectivity index (χ1v) is 13.1. The van der Waals surface area contributed by atoms with E-state index >= 15 is 0 Å². The van der Waals surface area contributed by atoms with Crippen LogP contribution in [-0.4, -0.2) is 40.5 Å². The van der Waals surface area contributed by atoms with Crippen LogP contribution in [0.25, 0.3) is 17.0 Å². The number of carbonyl (C=O) groups is 1. The summed E-state index contributed by atoms with van der Waals surface area (Å²) in [6, 6.07) is 15.3. The van der Waals surface area contributed by atoms with Gasteiger partial charge in [0.15, 0.2) is 0 Å². The van der Waals surface area contributed by atoms with Gasteiger partial charge in [-0.25, -0.2) is 4.79 Å². The molecule has 3 aromatic rings. The highest BCUT2D eigenvalue weighted by molar-refractivity contribution is 7.98. The lowest BCUT2D eigenvalue weighted by molar-refractivity contribution is 0.202. The van der Waals surface area contributed by atoms with E-state index in [0.29, 0.717) is 30.8 Å². The predicted octanol–water partition coefficient (Wildman–Crippen LogP) is 6.40. The molecular formula is C27H32N4O3S. The summed E-state index contributed by atoms with van der Waals surface area (Å²) in [5, 5.41) is 7.42. The number of urea groups is 1. The van der Waals surface area contributed by atoms with Crippen molar-refractivity contribution in [2.75, 3.05) is 19.4 Å². The normalized spacial score (nSPS) is 16.1. The Bertz CT molecular complexity index is 1190. The number of nitrogens with zero attached hydrogens (tertiary/aromatic N) is 3. The zero-order valence-corrected chi connectivity index (χ0v) is 21.7. The van der Waals surface area contributed by atoms with Gasteiger partial charge >= 0.3 is 6.03 Å². The standard InChI is InChI=1S/C27H32N4O3S/c1-6-33-21-11-7-19(8-12-21)24-23(18(4)31(27(32)28-24)16-15-17(2)3)26-29-25(30-34-26)20-9-13-22(35-5)14-10-20/h7-14,17,24H,6,15-16H2,1-5H3,(H,28,32). The zero-order chi connectivity index (χ0) is 24.9. The van der Waals surface area contributed by atoms with Gasteiger partial charge in [0.1, 0.15) is 5.75 Å². The van der Waals surface area contributed by atoms with Gasteiger partial charge in [-0.2, -0.15) is 4.98 Å². The fourth-order valence-corrected chi connectivity index (χ4v) is 4.49. The minimum Gasteiger partial charge on any atom is -0.494 e. The maximum atomic E-state index is 13.1. The van der Waals surface area contributed by atoms with Crippen molar-refractivity contribution < 1.29 is 14.1 Å². The van der Waals surface area contributed by atoms with Crippen LogP contribution in [0.3, 0.4) is 0 Å². The molecule has 35 heavy (non-hydrogen) atoms. The van der Waals surface area contributed by atoms with Crippen LogP contribution >= 0.6 is 11.8 Å². The van der Waals surface area contributed by atoms with Crippen LogP contribution in [-0.2, 0) is 0 Å². The molecule has 0 radical (unpaired) electrons. The number of allylic oxidation sites excluding steroid dienone is 1. The number of hydrogen-bond donors (Lipinski definition) is 1. The lowest BCUT2D eigenvalue weighted by Crippen LogP contribution is -2.46. The van der Waals surface area contributed by atoms with Crippen LogP contribution in [0.1, 0.15) is 51.6 Å². The van der Waals surface area contributed by atoms with Crippen molar-refractivity contribution in [1.82, 2.24) is 20.4 Å². The fraction of sp³-hybridized carbons (Fsp3) is 0.370. The van der Waals surface area contributed by atoms with Crippen LogP contribution < -0.4 is 10.1 Å². The summed E-state index contributed by atoms with van der Waals surface area (Å²) < 4.78 is 11.4. The Kier molecular flexibility index (Phi) is 7.80. The molecule has 1 aromatic heterocycles. The second-order valence-electron chi connectivity index (χ2n) is 8.87. The highest BCUT2D eigenvalue weighted by atomic mass is 32.2. The Labute approximate surface area is 210 Å². The summed E-state index contributed by atoms with van der Waals surface area (Å²) in [5.74, 6) is 2.18. The molecular weight excluding hydrogens is 460 g/mol. The average molecular weight is 493 g/mol. The molecule has 0 saturated carbocycles. The van der Waals surface area contributed by atoms with E-state index in [2.05, 4.69) is 24.3 Å². The van der Waals surface area contributed by atoms with Crippen molar-refractivity contribution in [3.63, 3.8) is 0 Å². The topological polar surface area (TPSA) is 80.5 Å². The van der Waals surface area contributed by atoms with Crippen molar-refractivity contribution in [3.8, 4) is 17.1 Å². The minimum atomic E-state index is -0.416. The quantitative estimate of drug-likeness (QED) is 0.348. The highest BCUT2D eigenvalue weighted by Crippen LogP contribution is 2.38. The fourth-order valence-electron chi connectivity index (χ4n) is 4.08. The SMILES string of the molecule is CCOc1ccc(C2NC(=O)N(CCC(C)C)C(C)=C2c2nc(-c3ccc(SC)cc3)no2)cc1. The van der Waals surface area contributed by atoms with Crippen LogP contribution in [0.2, 0.25) is 0 Å². The molecule has 1 unspecified atom stereocenters. The van der Waals surface area contributed by atoms with Crippen LogP contribution in [0.15, 0.2) is 63.6 Å². The Morgan fingerprint density at radius 2 is 1.86 bits per heavy atom. The van der Waals surface area contributed by atoms with E-state index in [1.807, 2.05) is 68.6 Å². The molecule has 0 spiro atoms. The second-order valence-corrected chi connectivity index (χ2v) is 9.75. The summed E-state index contributed by atoms with van der Waals surface area (Å²) in [6.07, 6.45) is 2.93. The second kappa shape index (κ2) is 11.0. The highest BCUT2D eigenvalue weighted by Gasteiger charge is 2.35. The molecule has 0 aliphatic carbocycles. The lowest BCUT2D eigenvalue weighted by atomic mass is 9.94. The minimum absolute atomic E-state index is 0.127. The third-order valence-corrected chi connectivity index (χ3v) is 6.80. The van der Waals surface area contributed by atoms with Crippen molar-refractivity contribution in [2.24, 2.45) is 5.92 Å². The average Bonchev–Trinajstić information content (AvgIpc) is 3.34. The molecule has 8 heteroatoms. The molecule has 0 bridgehead atoms. The van der Waals surface area contributed by atoms with Crippen molar-refractivity contribution >= 4 is 23.4 Å². The molecule has 0 fully saturated rings. The van der Waals surface area contributed by atoms with Crippen LogP contribution in [0, 0.1) is 5.92 Å². The molecule has 2 amide bonds. The summed E-state index contributed by atoms with van der Waals surface area (Å²) in [4.78, 5) is 20.8. The van der Waals surface area contributed by atoms with E-state index in [9.17, 15) is 4.79 Å². The van der Waals surface area contributed by atoms with Crippen LogP contribution in [0.4, 0.5) is 4.79 Å². The Morgan fingerprint density at radius 1 is 1.14 bits per heavy atom. The number of benzene rings is 2. The Balaban J connectivity index is 1.74. The molecule has 2 heterocycles. The van der Waals surface area contributed by atoms with Crippen molar-refractivity contribution in [3.05, 3.63) is 65.7 Å². The number of amides is 2. The summed E-state index contributed by atoms with van der Waals surface area (Å²) >= 11 is 1.68. The first-order chi connectivity index (χ1) is 16.9. The molecule has 7 nitrogen and oxygen atoms in total. The largest absolute Gasteiger partial charge is 0.494 e. The van der Waals surface area contributed by atoms with Crippen molar-refractivity contribution in [1.29, 1.82) is 0 Å². The summed E-state index contributed by atoms with van der Waals surface area (Å²) in [6.45, 7) is 9.41. The summed E-state index contributed by atoms with van der Waals surface area (Å²) in [5.41, 5.74) is 3.42. The number of hydrogen-bond acceptors (Lipinski definition) is 6. The molecule has 1 N–H and O–H groups in total. The van der Waals surface area contributed by atoms with E-state index in [4.69, 9.17) is 14.2 Å². The number of ether oxygens (including phenoxy) is 1. The van der Waals surface area contributed by atoms with Crippen LogP contribution in [0.5, 0.6) is 5.75 Å². The maximum Gasteiger partial charge on any atom is 0.322 e. The molecule has 2 aromatic carbocycles. The number of nitrogens with one attached hydrogen (secondary N) is 1. The zero-order valence-electron chi connectivity index (χ0n) is 20.9. The van der Waals surface area contributed by atoms with Gasteiger partial charge in [0.05, 0.1) is 18.2 Å². The smallest absolute Gasteiger partial charge is 0.322 e. The maximum absolute atomic E-state index is 13.1. The molecule has 4 rings (SSSR count). The molecule has 184 valence electrons. The Hall–Kier alpha value is -3.26. The van der Waals surface area contributed by atoms with E-state index in [-0.39, 0.29) is 6.03 Å². The first-order valence-electron chi connectivity index (χ1n) is 11.9. The first kappa shape index (κ1) is 24.9. The third-order valence-electron chi connectivity index (χ3n) is 6.06. The van der Waals surface area contributed by atoms with Crippen molar-refractivity contribution in [2.45, 2.75) is 45.1 Å². The molecule has 1 atom stereocenters. The van der Waals surface area contributed by atoms with Gasteiger partial charge in [-0.15, -0.1) is 11.8 Å². The number of thioether (sulfide) groups is 1.